The van der Waals surface area contributed by atoms with Crippen LogP contribution in [-0.2, 0) is 4.74 Å². The van der Waals surface area contributed by atoms with Crippen molar-refractivity contribution in [2.24, 2.45) is 0 Å². The fraction of sp³-hybridized carbons (Fsp3) is 0.500. The minimum absolute atomic E-state index is 0.332. The maximum Gasteiger partial charge on any atom is 0.0825 e. The van der Waals surface area contributed by atoms with Crippen LogP contribution in [0.1, 0.15) is 38.4 Å². The van der Waals surface area contributed by atoms with Crippen LogP contribution in [0.3, 0.4) is 0 Å². The minimum Gasteiger partial charge on any atom is -0.374 e. The molecule has 1 aliphatic rings. The van der Waals surface area contributed by atoms with E-state index in [-0.39, 0.29) is 0 Å². The third-order valence-electron chi connectivity index (χ3n) is 2.19. The number of rotatable bonds is 1. The van der Waals surface area contributed by atoms with Crippen LogP contribution in [0.2, 0.25) is 0 Å². The van der Waals surface area contributed by atoms with Crippen molar-refractivity contribution >= 4 is 12.6 Å². The molecule has 1 aromatic carbocycles. The molecule has 2 heteroatoms. The predicted molar refractivity (Wildman–Crippen MR) is 63.0 cm³/mol. The fourth-order valence-electron chi connectivity index (χ4n) is 1.53. The second-order valence-electron chi connectivity index (χ2n) is 3.09. The molecule has 1 saturated heterocycles. The first kappa shape index (κ1) is 11.6. The summed E-state index contributed by atoms with van der Waals surface area (Å²) in [4.78, 5) is 1.01. The molecule has 1 atom stereocenters. The Morgan fingerprint density at radius 3 is 2.36 bits per heavy atom. The van der Waals surface area contributed by atoms with E-state index in [1.165, 1.54) is 12.0 Å². The lowest BCUT2D eigenvalue weighted by atomic mass is 10.1. The molecular weight excluding hydrogens is 192 g/mol. The van der Waals surface area contributed by atoms with Gasteiger partial charge in [0.25, 0.3) is 0 Å². The zero-order valence-electron chi connectivity index (χ0n) is 8.86. The van der Waals surface area contributed by atoms with E-state index in [4.69, 9.17) is 4.74 Å². The van der Waals surface area contributed by atoms with Crippen molar-refractivity contribution in [3.8, 4) is 0 Å². The van der Waals surface area contributed by atoms with E-state index in [2.05, 4.69) is 24.8 Å². The van der Waals surface area contributed by atoms with Gasteiger partial charge >= 0.3 is 0 Å². The maximum absolute atomic E-state index is 5.55. The average molecular weight is 210 g/mol. The van der Waals surface area contributed by atoms with Gasteiger partial charge in [-0.3, -0.25) is 0 Å². The van der Waals surface area contributed by atoms with Gasteiger partial charge in [-0.05, 0) is 30.5 Å². The molecule has 0 aromatic heterocycles. The highest BCUT2D eigenvalue weighted by atomic mass is 32.1. The third-order valence-corrected chi connectivity index (χ3v) is 2.49. The minimum atomic E-state index is 0.332. The van der Waals surface area contributed by atoms with Crippen LogP contribution in [-0.4, -0.2) is 6.61 Å². The lowest BCUT2D eigenvalue weighted by molar-refractivity contribution is 0.112. The predicted octanol–water partition coefficient (Wildman–Crippen LogP) is 3.85. The zero-order chi connectivity index (χ0) is 10.4. The van der Waals surface area contributed by atoms with Gasteiger partial charge in [0, 0.05) is 11.5 Å². The molecule has 2 rings (SSSR count). The molecule has 1 unspecified atom stereocenters. The van der Waals surface area contributed by atoms with Crippen LogP contribution in [0.4, 0.5) is 0 Å². The van der Waals surface area contributed by atoms with Crippen LogP contribution < -0.4 is 0 Å². The first-order valence-electron chi connectivity index (χ1n) is 5.27. The molecule has 1 heterocycles. The standard InChI is InChI=1S/C10H12OS.C2H6/c12-9-5-3-8(4-6-9)10-2-1-7-11-10;1-2/h3-6,10,12H,1-2,7H2;1-2H3. The first-order valence-corrected chi connectivity index (χ1v) is 5.71. The SMILES string of the molecule is CC.Sc1ccc(C2CCCO2)cc1. The second kappa shape index (κ2) is 6.10. The number of thiol groups is 1. The van der Waals surface area contributed by atoms with E-state index in [1.807, 2.05) is 26.0 Å². The van der Waals surface area contributed by atoms with E-state index < -0.39 is 0 Å². The summed E-state index contributed by atoms with van der Waals surface area (Å²) in [5, 5.41) is 0. The van der Waals surface area contributed by atoms with Crippen molar-refractivity contribution in [2.45, 2.75) is 37.7 Å². The first-order chi connectivity index (χ1) is 6.86. The van der Waals surface area contributed by atoms with Crippen molar-refractivity contribution in [2.75, 3.05) is 6.61 Å². The highest BCUT2D eigenvalue weighted by Crippen LogP contribution is 2.28. The third kappa shape index (κ3) is 3.03. The van der Waals surface area contributed by atoms with Gasteiger partial charge in [0.1, 0.15) is 0 Å². The Bertz CT molecular complexity index is 250. The summed E-state index contributed by atoms with van der Waals surface area (Å²) in [6.07, 6.45) is 2.68. The van der Waals surface area contributed by atoms with Gasteiger partial charge in [-0.15, -0.1) is 12.6 Å². The van der Waals surface area contributed by atoms with Gasteiger partial charge in [-0.25, -0.2) is 0 Å². The molecule has 0 radical (unpaired) electrons. The Morgan fingerprint density at radius 2 is 1.86 bits per heavy atom. The molecular formula is C12H18OS. The quantitative estimate of drug-likeness (QED) is 0.693. The van der Waals surface area contributed by atoms with Crippen LogP contribution in [0, 0.1) is 0 Å². The Hall–Kier alpha value is -0.470. The van der Waals surface area contributed by atoms with Gasteiger partial charge in [0.05, 0.1) is 6.10 Å². The molecule has 1 aromatic rings. The van der Waals surface area contributed by atoms with Crippen molar-refractivity contribution in [1.82, 2.24) is 0 Å². The Morgan fingerprint density at radius 1 is 1.21 bits per heavy atom. The van der Waals surface area contributed by atoms with Crippen molar-refractivity contribution < 1.29 is 4.74 Å². The smallest absolute Gasteiger partial charge is 0.0825 e. The summed E-state index contributed by atoms with van der Waals surface area (Å²) in [7, 11) is 0. The topological polar surface area (TPSA) is 9.23 Å². The molecule has 0 bridgehead atoms. The Kier molecular flexibility index (Phi) is 5.05. The van der Waals surface area contributed by atoms with Gasteiger partial charge in [0.2, 0.25) is 0 Å². The Balaban J connectivity index is 0.000000461. The fourth-order valence-corrected chi connectivity index (χ4v) is 1.68. The monoisotopic (exact) mass is 210 g/mol. The highest BCUT2D eigenvalue weighted by Gasteiger charge is 2.16. The normalized spacial score (nSPS) is 20.1. The molecule has 0 N–H and O–H groups in total. The van der Waals surface area contributed by atoms with Crippen molar-refractivity contribution in [3.05, 3.63) is 29.8 Å². The largest absolute Gasteiger partial charge is 0.374 e. The van der Waals surface area contributed by atoms with E-state index in [0.717, 1.165) is 17.9 Å². The zero-order valence-corrected chi connectivity index (χ0v) is 9.76. The molecule has 0 amide bonds. The summed E-state index contributed by atoms with van der Waals surface area (Å²) in [6, 6.07) is 8.22. The lowest BCUT2D eigenvalue weighted by Crippen LogP contribution is -1.94. The second-order valence-corrected chi connectivity index (χ2v) is 3.61. The van der Waals surface area contributed by atoms with Gasteiger partial charge < -0.3 is 4.74 Å². The molecule has 78 valence electrons. The van der Waals surface area contributed by atoms with Crippen molar-refractivity contribution in [3.63, 3.8) is 0 Å². The van der Waals surface area contributed by atoms with Crippen LogP contribution >= 0.6 is 12.6 Å². The number of benzene rings is 1. The van der Waals surface area contributed by atoms with Gasteiger partial charge in [-0.2, -0.15) is 0 Å². The maximum atomic E-state index is 5.55. The van der Waals surface area contributed by atoms with Crippen LogP contribution in [0.15, 0.2) is 29.2 Å². The molecule has 0 aliphatic carbocycles. The lowest BCUT2D eigenvalue weighted by Gasteiger charge is -2.08. The summed E-state index contributed by atoms with van der Waals surface area (Å²) in [5.41, 5.74) is 1.28. The summed E-state index contributed by atoms with van der Waals surface area (Å²) < 4.78 is 5.55. The summed E-state index contributed by atoms with van der Waals surface area (Å²) in [6.45, 7) is 4.91. The van der Waals surface area contributed by atoms with Gasteiger partial charge in [0.15, 0.2) is 0 Å². The van der Waals surface area contributed by atoms with E-state index in [9.17, 15) is 0 Å². The van der Waals surface area contributed by atoms with Crippen LogP contribution in [0.25, 0.3) is 0 Å². The highest BCUT2D eigenvalue weighted by molar-refractivity contribution is 7.80. The van der Waals surface area contributed by atoms with E-state index in [0.29, 0.717) is 6.10 Å². The Labute approximate surface area is 91.9 Å². The molecule has 14 heavy (non-hydrogen) atoms. The van der Waals surface area contributed by atoms with E-state index >= 15 is 0 Å². The molecule has 0 saturated carbocycles. The van der Waals surface area contributed by atoms with E-state index in [1.54, 1.807) is 0 Å². The summed E-state index contributed by atoms with van der Waals surface area (Å²) in [5.74, 6) is 0. The molecule has 0 spiro atoms. The average Bonchev–Trinajstić information content (AvgIpc) is 2.75. The number of hydrogen-bond donors (Lipinski definition) is 1. The molecule has 1 fully saturated rings. The van der Waals surface area contributed by atoms with Crippen LogP contribution in [0.5, 0.6) is 0 Å². The molecule has 1 aliphatic heterocycles. The molecule has 1 nitrogen and oxygen atoms in total. The number of ether oxygens (including phenoxy) is 1. The van der Waals surface area contributed by atoms with Crippen molar-refractivity contribution in [1.29, 1.82) is 0 Å². The van der Waals surface area contributed by atoms with Gasteiger partial charge in [-0.1, -0.05) is 26.0 Å². The summed E-state index contributed by atoms with van der Waals surface area (Å²) >= 11 is 4.23. The number of hydrogen-bond acceptors (Lipinski definition) is 2.